The highest BCUT2D eigenvalue weighted by Crippen LogP contribution is 2.05. The van der Waals surface area contributed by atoms with Crippen LogP contribution in [-0.2, 0) is 11.2 Å². The van der Waals surface area contributed by atoms with E-state index in [0.717, 1.165) is 32.4 Å². The van der Waals surface area contributed by atoms with Gasteiger partial charge in [-0.2, -0.15) is 0 Å². The number of hydrogen-bond donors (Lipinski definition) is 4. The number of nitrogens with zero attached hydrogens (tertiary/aromatic N) is 2. The highest BCUT2D eigenvalue weighted by atomic mass is 16.4. The molecule has 1 aliphatic rings. The van der Waals surface area contributed by atoms with Crippen molar-refractivity contribution >= 4 is 12.0 Å². The molecule has 2 heterocycles. The maximum absolute atomic E-state index is 11.8. The van der Waals surface area contributed by atoms with Crippen molar-refractivity contribution in [3.05, 3.63) is 18.2 Å². The number of amides is 2. The number of carbonyl (C=O) groups is 2. The number of aromatic amines is 1. The number of carboxylic acids is 1. The average molecular weight is 281 g/mol. The molecule has 0 bridgehead atoms. The van der Waals surface area contributed by atoms with Gasteiger partial charge in [0.05, 0.1) is 6.33 Å². The Morgan fingerprint density at radius 1 is 1.40 bits per heavy atom. The smallest absolute Gasteiger partial charge is 0.330 e. The van der Waals surface area contributed by atoms with Gasteiger partial charge in [0.1, 0.15) is 6.04 Å². The van der Waals surface area contributed by atoms with E-state index in [1.807, 2.05) is 5.01 Å². The number of rotatable bonds is 5. The molecule has 110 valence electrons. The van der Waals surface area contributed by atoms with Crippen LogP contribution in [0.4, 0.5) is 4.79 Å². The zero-order chi connectivity index (χ0) is 14.4. The summed E-state index contributed by atoms with van der Waals surface area (Å²) in [5, 5.41) is 13.4. The number of carbonyl (C=O) groups excluding carboxylic acids is 1. The molecular weight excluding hydrogens is 262 g/mol. The molecule has 0 radical (unpaired) electrons. The van der Waals surface area contributed by atoms with Gasteiger partial charge in [0.15, 0.2) is 0 Å². The van der Waals surface area contributed by atoms with Crippen molar-refractivity contribution in [2.24, 2.45) is 0 Å². The number of hydrogen-bond acceptors (Lipinski definition) is 4. The molecule has 0 spiro atoms. The number of nitrogens with one attached hydrogen (secondary N) is 3. The highest BCUT2D eigenvalue weighted by Gasteiger charge is 2.22. The van der Waals surface area contributed by atoms with Crippen molar-refractivity contribution in [2.75, 3.05) is 13.1 Å². The molecule has 1 aromatic heterocycles. The van der Waals surface area contributed by atoms with Crippen molar-refractivity contribution in [2.45, 2.75) is 31.7 Å². The summed E-state index contributed by atoms with van der Waals surface area (Å²) in [6.45, 7) is 1.59. The number of H-pyrrole nitrogens is 1. The number of urea groups is 1. The Morgan fingerprint density at radius 2 is 2.15 bits per heavy atom. The van der Waals surface area contributed by atoms with Gasteiger partial charge < -0.3 is 15.4 Å². The standard InChI is InChI=1S/C12H19N5O3/c18-11(19)10(6-9-7-13-8-14-9)15-12(20)16-17-4-2-1-3-5-17/h7-8,10H,1-6H2,(H,13,14)(H,18,19)(H2,15,16,20)/t10-/m0/s1. The lowest BCUT2D eigenvalue weighted by atomic mass is 10.1. The molecule has 2 amide bonds. The van der Waals surface area contributed by atoms with Crippen molar-refractivity contribution in [1.29, 1.82) is 0 Å². The molecule has 0 aromatic carbocycles. The van der Waals surface area contributed by atoms with Gasteiger partial charge in [-0.15, -0.1) is 0 Å². The van der Waals surface area contributed by atoms with Crippen LogP contribution in [0.5, 0.6) is 0 Å². The largest absolute Gasteiger partial charge is 0.480 e. The number of carboxylic acid groups (broad SMARTS) is 1. The molecule has 1 aliphatic heterocycles. The van der Waals surface area contributed by atoms with Crippen LogP contribution in [0, 0.1) is 0 Å². The molecule has 0 unspecified atom stereocenters. The van der Waals surface area contributed by atoms with Gasteiger partial charge in [0.25, 0.3) is 0 Å². The quantitative estimate of drug-likeness (QED) is 0.612. The summed E-state index contributed by atoms with van der Waals surface area (Å²) in [4.78, 5) is 29.6. The highest BCUT2D eigenvalue weighted by molar-refractivity contribution is 5.82. The summed E-state index contributed by atoms with van der Waals surface area (Å²) in [6, 6.07) is -1.47. The molecular formula is C12H19N5O3. The molecule has 1 aromatic rings. The van der Waals surface area contributed by atoms with Crippen LogP contribution in [-0.4, -0.2) is 51.2 Å². The first kappa shape index (κ1) is 14.3. The number of aliphatic carboxylic acids is 1. The van der Waals surface area contributed by atoms with Crippen molar-refractivity contribution in [3.63, 3.8) is 0 Å². The minimum atomic E-state index is -1.08. The summed E-state index contributed by atoms with van der Waals surface area (Å²) in [5.74, 6) is -1.08. The minimum absolute atomic E-state index is 0.169. The van der Waals surface area contributed by atoms with Gasteiger partial charge in [0.2, 0.25) is 0 Å². The van der Waals surface area contributed by atoms with Crippen molar-refractivity contribution < 1.29 is 14.7 Å². The fraction of sp³-hybridized carbons (Fsp3) is 0.583. The summed E-state index contributed by atoms with van der Waals surface area (Å²) in [6.07, 6.45) is 6.43. The number of hydrazine groups is 1. The van der Waals surface area contributed by atoms with E-state index in [-0.39, 0.29) is 6.42 Å². The first-order valence-corrected chi connectivity index (χ1v) is 6.67. The van der Waals surface area contributed by atoms with Crippen molar-refractivity contribution in [1.82, 2.24) is 25.7 Å². The summed E-state index contributed by atoms with van der Waals surface area (Å²) in [7, 11) is 0. The van der Waals surface area contributed by atoms with Crippen LogP contribution < -0.4 is 10.7 Å². The molecule has 4 N–H and O–H groups in total. The van der Waals surface area contributed by atoms with Gasteiger partial charge in [-0.1, -0.05) is 6.42 Å². The van der Waals surface area contributed by atoms with Crippen LogP contribution in [0.3, 0.4) is 0 Å². The Morgan fingerprint density at radius 3 is 2.75 bits per heavy atom. The average Bonchev–Trinajstić information content (AvgIpc) is 2.92. The van der Waals surface area contributed by atoms with E-state index in [2.05, 4.69) is 20.7 Å². The van der Waals surface area contributed by atoms with E-state index in [4.69, 9.17) is 5.11 Å². The fourth-order valence-corrected chi connectivity index (χ4v) is 2.16. The van der Waals surface area contributed by atoms with Crippen LogP contribution in [0.1, 0.15) is 25.0 Å². The lowest BCUT2D eigenvalue weighted by Crippen LogP contribution is -2.53. The first-order chi connectivity index (χ1) is 9.65. The zero-order valence-corrected chi connectivity index (χ0v) is 11.1. The SMILES string of the molecule is O=C(N[C@@H](Cc1cnc[nH]1)C(=O)O)NN1CCCCC1. The van der Waals surface area contributed by atoms with E-state index < -0.39 is 18.0 Å². The molecule has 1 fully saturated rings. The molecule has 8 heteroatoms. The Hall–Kier alpha value is -2.09. The Balaban J connectivity index is 1.83. The van der Waals surface area contributed by atoms with E-state index >= 15 is 0 Å². The molecule has 20 heavy (non-hydrogen) atoms. The fourth-order valence-electron chi connectivity index (χ4n) is 2.16. The summed E-state index contributed by atoms with van der Waals surface area (Å²) >= 11 is 0. The predicted octanol–water partition coefficient (Wildman–Crippen LogP) is 0.106. The third kappa shape index (κ3) is 4.23. The van der Waals surface area contributed by atoms with Gasteiger partial charge in [0, 0.05) is 31.4 Å². The summed E-state index contributed by atoms with van der Waals surface area (Å²) in [5.41, 5.74) is 3.34. The number of aromatic nitrogens is 2. The van der Waals surface area contributed by atoms with E-state index in [0.29, 0.717) is 5.69 Å². The van der Waals surface area contributed by atoms with E-state index in [1.54, 1.807) is 6.20 Å². The lowest BCUT2D eigenvalue weighted by molar-refractivity contribution is -0.139. The maximum atomic E-state index is 11.8. The second kappa shape index (κ2) is 6.90. The van der Waals surface area contributed by atoms with Gasteiger partial charge in [-0.25, -0.2) is 19.6 Å². The summed E-state index contributed by atoms with van der Waals surface area (Å²) < 4.78 is 0. The normalized spacial score (nSPS) is 17.4. The van der Waals surface area contributed by atoms with Crippen LogP contribution in [0.2, 0.25) is 0 Å². The monoisotopic (exact) mass is 281 g/mol. The molecule has 1 atom stereocenters. The van der Waals surface area contributed by atoms with Gasteiger partial charge in [-0.05, 0) is 12.8 Å². The number of imidazole rings is 1. The Labute approximate surface area is 116 Å². The van der Waals surface area contributed by atoms with Gasteiger partial charge in [-0.3, -0.25) is 5.43 Å². The molecule has 0 saturated carbocycles. The van der Waals surface area contributed by atoms with E-state index in [1.165, 1.54) is 6.33 Å². The first-order valence-electron chi connectivity index (χ1n) is 6.67. The van der Waals surface area contributed by atoms with E-state index in [9.17, 15) is 9.59 Å². The van der Waals surface area contributed by atoms with Crippen LogP contribution in [0.25, 0.3) is 0 Å². The zero-order valence-electron chi connectivity index (χ0n) is 11.1. The van der Waals surface area contributed by atoms with Gasteiger partial charge >= 0.3 is 12.0 Å². The molecule has 1 saturated heterocycles. The third-order valence-corrected chi connectivity index (χ3v) is 3.20. The second-order valence-corrected chi connectivity index (χ2v) is 4.80. The topological polar surface area (TPSA) is 110 Å². The predicted molar refractivity (Wildman–Crippen MR) is 70.8 cm³/mol. The van der Waals surface area contributed by atoms with Crippen LogP contribution in [0.15, 0.2) is 12.5 Å². The maximum Gasteiger partial charge on any atom is 0.330 e. The van der Waals surface area contributed by atoms with Crippen LogP contribution >= 0.6 is 0 Å². The molecule has 8 nitrogen and oxygen atoms in total. The minimum Gasteiger partial charge on any atom is -0.480 e. The lowest BCUT2D eigenvalue weighted by Gasteiger charge is -2.27. The second-order valence-electron chi connectivity index (χ2n) is 4.80. The molecule has 0 aliphatic carbocycles. The van der Waals surface area contributed by atoms with Crippen molar-refractivity contribution in [3.8, 4) is 0 Å². The number of piperidine rings is 1. The molecule has 2 rings (SSSR count). The third-order valence-electron chi connectivity index (χ3n) is 3.20. The Kier molecular flexibility index (Phi) is 4.94. The Bertz CT molecular complexity index is 442.